The first kappa shape index (κ1) is 14.1. The third-order valence-electron chi connectivity index (χ3n) is 3.48. The number of nitrogens with zero attached hydrogens (tertiary/aromatic N) is 2. The summed E-state index contributed by atoms with van der Waals surface area (Å²) >= 11 is 8.36. The molecule has 2 nitrogen and oxygen atoms in total. The summed E-state index contributed by atoms with van der Waals surface area (Å²) in [7, 11) is 0. The maximum Gasteiger partial charge on any atom is 0.125 e. The maximum absolute atomic E-state index is 6.05. The fourth-order valence-electron chi connectivity index (χ4n) is 2.04. The molecule has 1 aromatic carbocycles. The van der Waals surface area contributed by atoms with Crippen LogP contribution in [-0.2, 0) is 5.88 Å². The van der Waals surface area contributed by atoms with E-state index in [1.54, 1.807) is 0 Å². The molecule has 0 N–H and O–H groups in total. The van der Waals surface area contributed by atoms with Gasteiger partial charge in [0, 0.05) is 9.61 Å². The number of fused-ring (bicyclic) bond motifs is 1. The van der Waals surface area contributed by atoms with E-state index < -0.39 is 0 Å². The van der Waals surface area contributed by atoms with Crippen molar-refractivity contribution < 1.29 is 0 Å². The van der Waals surface area contributed by atoms with Gasteiger partial charge >= 0.3 is 0 Å². The Morgan fingerprint density at radius 1 is 1.39 bits per heavy atom. The van der Waals surface area contributed by atoms with E-state index >= 15 is 0 Å². The van der Waals surface area contributed by atoms with E-state index in [1.807, 2.05) is 0 Å². The summed E-state index contributed by atoms with van der Waals surface area (Å²) < 4.78 is 3.48. The Balaban J connectivity index is 2.68. The predicted octanol–water partition coefficient (Wildman–Crippen LogP) is 4.99. The van der Waals surface area contributed by atoms with E-state index in [1.165, 1.54) is 9.09 Å². The maximum atomic E-state index is 6.05. The number of imidazole rings is 1. The van der Waals surface area contributed by atoms with Crippen molar-refractivity contribution in [2.75, 3.05) is 0 Å². The Bertz CT molecular complexity index is 569. The van der Waals surface area contributed by atoms with Crippen molar-refractivity contribution in [3.8, 4) is 0 Å². The van der Waals surface area contributed by atoms with Crippen LogP contribution in [0.3, 0.4) is 0 Å². The van der Waals surface area contributed by atoms with E-state index in [0.29, 0.717) is 11.9 Å². The fraction of sp³-hybridized carbons (Fsp3) is 0.500. The number of aromatic nitrogens is 2. The van der Waals surface area contributed by atoms with E-state index in [-0.39, 0.29) is 5.41 Å². The molecule has 0 aliphatic carbocycles. The topological polar surface area (TPSA) is 17.8 Å². The molecule has 0 spiro atoms. The van der Waals surface area contributed by atoms with Gasteiger partial charge in [-0.1, -0.05) is 20.8 Å². The molecule has 0 saturated heterocycles. The van der Waals surface area contributed by atoms with E-state index in [2.05, 4.69) is 78.0 Å². The SMILES string of the molecule is CC(n1c(CCl)nc2cc(I)ccc21)C(C)(C)C. The van der Waals surface area contributed by atoms with Crippen molar-refractivity contribution in [3.63, 3.8) is 0 Å². The summed E-state index contributed by atoms with van der Waals surface area (Å²) in [5.74, 6) is 1.40. The fourth-order valence-corrected chi connectivity index (χ4v) is 2.70. The lowest BCUT2D eigenvalue weighted by molar-refractivity contribution is 0.264. The average molecular weight is 377 g/mol. The lowest BCUT2D eigenvalue weighted by Crippen LogP contribution is -2.22. The second-order valence-electron chi connectivity index (χ2n) is 5.71. The van der Waals surface area contributed by atoms with Gasteiger partial charge < -0.3 is 4.57 Å². The van der Waals surface area contributed by atoms with Gasteiger partial charge in [-0.3, -0.25) is 0 Å². The van der Waals surface area contributed by atoms with Crippen LogP contribution >= 0.6 is 34.2 Å². The molecule has 1 heterocycles. The van der Waals surface area contributed by atoms with Crippen LogP contribution < -0.4 is 0 Å². The van der Waals surface area contributed by atoms with Crippen LogP contribution in [0.2, 0.25) is 0 Å². The van der Waals surface area contributed by atoms with Gasteiger partial charge in [0.2, 0.25) is 0 Å². The number of benzene rings is 1. The molecule has 0 fully saturated rings. The Labute approximate surface area is 127 Å². The lowest BCUT2D eigenvalue weighted by Gasteiger charge is -2.30. The van der Waals surface area contributed by atoms with Gasteiger partial charge in [0.15, 0.2) is 0 Å². The molecule has 0 radical (unpaired) electrons. The van der Waals surface area contributed by atoms with Crippen molar-refractivity contribution in [2.45, 2.75) is 39.6 Å². The second kappa shape index (κ2) is 5.00. The van der Waals surface area contributed by atoms with E-state index in [4.69, 9.17) is 11.6 Å². The zero-order chi connectivity index (χ0) is 13.5. The molecule has 0 aliphatic heterocycles. The van der Waals surface area contributed by atoms with Crippen LogP contribution in [0.1, 0.15) is 39.6 Å². The summed E-state index contributed by atoms with van der Waals surface area (Å²) in [5.41, 5.74) is 2.39. The monoisotopic (exact) mass is 376 g/mol. The summed E-state index contributed by atoms with van der Waals surface area (Å²) in [6.45, 7) is 8.96. The summed E-state index contributed by atoms with van der Waals surface area (Å²) in [6, 6.07) is 6.73. The first-order valence-electron chi connectivity index (χ1n) is 6.07. The minimum atomic E-state index is 0.178. The molecule has 4 heteroatoms. The molecule has 1 aromatic heterocycles. The quantitative estimate of drug-likeness (QED) is 0.533. The average Bonchev–Trinajstić information content (AvgIpc) is 2.63. The smallest absolute Gasteiger partial charge is 0.125 e. The molecule has 0 aliphatic rings. The highest BCUT2D eigenvalue weighted by atomic mass is 127. The normalized spacial score (nSPS) is 14.1. The van der Waals surface area contributed by atoms with Crippen molar-refractivity contribution in [2.24, 2.45) is 5.41 Å². The molecule has 18 heavy (non-hydrogen) atoms. The van der Waals surface area contributed by atoms with Gasteiger partial charge in [-0.05, 0) is 53.1 Å². The van der Waals surface area contributed by atoms with Gasteiger partial charge in [-0.25, -0.2) is 4.98 Å². The zero-order valence-corrected chi connectivity index (χ0v) is 14.1. The van der Waals surface area contributed by atoms with Crippen molar-refractivity contribution >= 4 is 45.2 Å². The van der Waals surface area contributed by atoms with Gasteiger partial charge in [0.25, 0.3) is 0 Å². The van der Waals surface area contributed by atoms with Crippen molar-refractivity contribution in [1.82, 2.24) is 9.55 Å². The molecular formula is C14H18ClIN2. The zero-order valence-electron chi connectivity index (χ0n) is 11.2. The molecule has 1 unspecified atom stereocenters. The van der Waals surface area contributed by atoms with Crippen LogP contribution in [0.15, 0.2) is 18.2 Å². The van der Waals surface area contributed by atoms with Gasteiger partial charge in [-0.2, -0.15) is 0 Å². The van der Waals surface area contributed by atoms with Gasteiger partial charge in [0.05, 0.1) is 16.9 Å². The standard InChI is InChI=1S/C14H18ClIN2/c1-9(14(2,3)4)18-12-6-5-10(16)7-11(12)17-13(18)8-15/h5-7,9H,8H2,1-4H3. The van der Waals surface area contributed by atoms with Crippen LogP contribution in [0.5, 0.6) is 0 Å². The number of rotatable bonds is 2. The molecule has 98 valence electrons. The first-order valence-corrected chi connectivity index (χ1v) is 7.68. The van der Waals surface area contributed by atoms with E-state index in [0.717, 1.165) is 11.3 Å². The Kier molecular flexibility index (Phi) is 3.93. The summed E-state index contributed by atoms with van der Waals surface area (Å²) in [5, 5.41) is 0. The van der Waals surface area contributed by atoms with Crippen molar-refractivity contribution in [3.05, 3.63) is 27.6 Å². The highest BCUT2D eigenvalue weighted by molar-refractivity contribution is 14.1. The molecule has 2 aromatic rings. The number of alkyl halides is 1. The van der Waals surface area contributed by atoms with Crippen molar-refractivity contribution in [1.29, 1.82) is 0 Å². The second-order valence-corrected chi connectivity index (χ2v) is 7.22. The van der Waals surface area contributed by atoms with Crippen LogP contribution in [0.25, 0.3) is 11.0 Å². The van der Waals surface area contributed by atoms with Crippen LogP contribution in [0.4, 0.5) is 0 Å². The van der Waals surface area contributed by atoms with Gasteiger partial charge in [0.1, 0.15) is 5.82 Å². The Morgan fingerprint density at radius 3 is 2.61 bits per heavy atom. The van der Waals surface area contributed by atoms with E-state index in [9.17, 15) is 0 Å². The van der Waals surface area contributed by atoms with Crippen LogP contribution in [-0.4, -0.2) is 9.55 Å². The molecule has 0 amide bonds. The molecule has 0 bridgehead atoms. The first-order chi connectivity index (χ1) is 8.34. The Hall–Kier alpha value is -0.290. The number of halogens is 2. The third-order valence-corrected chi connectivity index (χ3v) is 4.39. The number of hydrogen-bond donors (Lipinski definition) is 0. The number of hydrogen-bond acceptors (Lipinski definition) is 1. The molecule has 0 saturated carbocycles. The summed E-state index contributed by atoms with van der Waals surface area (Å²) in [4.78, 5) is 4.65. The molecule has 2 rings (SSSR count). The highest BCUT2D eigenvalue weighted by Gasteiger charge is 2.25. The Morgan fingerprint density at radius 2 is 2.06 bits per heavy atom. The highest BCUT2D eigenvalue weighted by Crippen LogP contribution is 2.34. The molecule has 1 atom stereocenters. The van der Waals surface area contributed by atoms with Gasteiger partial charge in [-0.15, -0.1) is 11.6 Å². The van der Waals surface area contributed by atoms with Crippen LogP contribution in [0, 0.1) is 8.99 Å². The third kappa shape index (κ3) is 2.52. The predicted molar refractivity (Wildman–Crippen MR) is 86.2 cm³/mol. The lowest BCUT2D eigenvalue weighted by atomic mass is 9.87. The largest absolute Gasteiger partial charge is 0.324 e. The minimum Gasteiger partial charge on any atom is -0.324 e. The summed E-state index contributed by atoms with van der Waals surface area (Å²) in [6.07, 6.45) is 0. The minimum absolute atomic E-state index is 0.178. The molecular weight excluding hydrogens is 359 g/mol.